The number of nitrogens with zero attached hydrogens (tertiary/aromatic N) is 2. The molecule has 0 aliphatic rings. The summed E-state index contributed by atoms with van der Waals surface area (Å²) >= 11 is 6.06. The molecule has 208 valence electrons. The van der Waals surface area contributed by atoms with Crippen molar-refractivity contribution in [3.05, 3.63) is 76.2 Å². The van der Waals surface area contributed by atoms with Gasteiger partial charge in [-0.3, -0.25) is 14.5 Å². The monoisotopic (exact) mass is 561 g/mol. The van der Waals surface area contributed by atoms with Crippen molar-refractivity contribution in [2.24, 2.45) is 0 Å². The van der Waals surface area contributed by atoms with Crippen LogP contribution in [0.4, 0.5) is 19.0 Å². The minimum absolute atomic E-state index is 0.0370. The number of pyridine rings is 1. The van der Waals surface area contributed by atoms with E-state index in [2.05, 4.69) is 10.3 Å². The summed E-state index contributed by atoms with van der Waals surface area (Å²) in [5.74, 6) is -5.30. The van der Waals surface area contributed by atoms with Gasteiger partial charge in [-0.05, 0) is 61.2 Å². The molecular weight excluding hydrogens is 531 g/mol. The van der Waals surface area contributed by atoms with Gasteiger partial charge in [0.1, 0.15) is 5.82 Å². The molecule has 6 nitrogen and oxygen atoms in total. The minimum atomic E-state index is -3.17. The topological polar surface area (TPSA) is 71.5 Å². The van der Waals surface area contributed by atoms with Crippen molar-refractivity contribution in [3.8, 4) is 16.9 Å². The number of aryl methyl sites for hydroxylation is 1. The summed E-state index contributed by atoms with van der Waals surface area (Å²) in [7, 11) is 1.32. The number of amides is 2. The van der Waals surface area contributed by atoms with Gasteiger partial charge in [0.25, 0.3) is 17.7 Å². The zero-order valence-electron chi connectivity index (χ0n) is 22.4. The smallest absolute Gasteiger partial charge is 0.278 e. The van der Waals surface area contributed by atoms with Crippen LogP contribution >= 0.6 is 11.6 Å². The SMILES string of the molecule is CCC(CC)NC(=O)c1ccc(C)c(-c2cnc(N(C)C(=O)c3c(F)cccc3Cl)c(OCC(C)(F)F)c2)c1. The average molecular weight is 562 g/mol. The molecule has 3 rings (SSSR count). The summed E-state index contributed by atoms with van der Waals surface area (Å²) in [4.78, 5) is 31.3. The fourth-order valence-electron chi connectivity index (χ4n) is 3.95. The van der Waals surface area contributed by atoms with E-state index in [4.69, 9.17) is 16.3 Å². The molecular formula is C29H31ClF3N3O3. The Morgan fingerprint density at radius 2 is 1.85 bits per heavy atom. The predicted molar refractivity (Wildman–Crippen MR) is 147 cm³/mol. The maximum atomic E-state index is 14.4. The predicted octanol–water partition coefficient (Wildman–Crippen LogP) is 7.08. The van der Waals surface area contributed by atoms with Crippen molar-refractivity contribution >= 4 is 29.2 Å². The second-order valence-corrected chi connectivity index (χ2v) is 9.79. The van der Waals surface area contributed by atoms with Gasteiger partial charge in [-0.2, -0.15) is 0 Å². The third kappa shape index (κ3) is 7.29. The van der Waals surface area contributed by atoms with Gasteiger partial charge in [0, 0.05) is 37.3 Å². The molecule has 0 spiro atoms. The zero-order valence-corrected chi connectivity index (χ0v) is 23.2. The second kappa shape index (κ2) is 12.5. The van der Waals surface area contributed by atoms with E-state index in [0.29, 0.717) is 23.6 Å². The number of aromatic nitrogens is 1. The van der Waals surface area contributed by atoms with Crippen LogP contribution in [0.25, 0.3) is 11.1 Å². The zero-order chi connectivity index (χ0) is 28.9. The number of alkyl halides is 2. The Morgan fingerprint density at radius 3 is 2.46 bits per heavy atom. The molecule has 39 heavy (non-hydrogen) atoms. The maximum absolute atomic E-state index is 14.4. The van der Waals surface area contributed by atoms with Gasteiger partial charge in [0.15, 0.2) is 18.2 Å². The molecule has 0 fully saturated rings. The number of hydrogen-bond donors (Lipinski definition) is 1. The molecule has 0 saturated carbocycles. The molecule has 1 aromatic heterocycles. The van der Waals surface area contributed by atoms with Crippen LogP contribution in [0.1, 0.15) is 59.9 Å². The summed E-state index contributed by atoms with van der Waals surface area (Å²) in [6.07, 6.45) is 3.02. The van der Waals surface area contributed by atoms with Gasteiger partial charge >= 0.3 is 0 Å². The number of carbonyl (C=O) groups is 2. The molecule has 0 atom stereocenters. The van der Waals surface area contributed by atoms with E-state index in [1.165, 1.54) is 31.4 Å². The van der Waals surface area contributed by atoms with Gasteiger partial charge in [-0.25, -0.2) is 18.2 Å². The van der Waals surface area contributed by atoms with Crippen LogP contribution in [0.3, 0.4) is 0 Å². The van der Waals surface area contributed by atoms with E-state index < -0.39 is 24.3 Å². The molecule has 0 aliphatic heterocycles. The van der Waals surface area contributed by atoms with Crippen LogP contribution < -0.4 is 15.0 Å². The number of halogens is 4. The van der Waals surface area contributed by atoms with Crippen molar-refractivity contribution in [2.75, 3.05) is 18.6 Å². The van der Waals surface area contributed by atoms with Crippen LogP contribution in [-0.2, 0) is 0 Å². The van der Waals surface area contributed by atoms with Gasteiger partial charge in [0.2, 0.25) is 0 Å². The van der Waals surface area contributed by atoms with Crippen molar-refractivity contribution in [3.63, 3.8) is 0 Å². The summed E-state index contributed by atoms with van der Waals surface area (Å²) in [6.45, 7) is 5.54. The largest absolute Gasteiger partial charge is 0.483 e. The first-order valence-corrected chi connectivity index (χ1v) is 12.9. The first-order chi connectivity index (χ1) is 18.4. The minimum Gasteiger partial charge on any atom is -0.483 e. The molecule has 1 N–H and O–H groups in total. The van der Waals surface area contributed by atoms with E-state index in [1.807, 2.05) is 20.8 Å². The van der Waals surface area contributed by atoms with E-state index in [9.17, 15) is 22.8 Å². The Hall–Kier alpha value is -3.59. The Labute approximate surface area is 231 Å². The highest BCUT2D eigenvalue weighted by Gasteiger charge is 2.27. The van der Waals surface area contributed by atoms with Gasteiger partial charge < -0.3 is 10.1 Å². The molecule has 3 aromatic rings. The Bertz CT molecular complexity index is 1340. The molecule has 0 unspecified atom stereocenters. The summed E-state index contributed by atoms with van der Waals surface area (Å²) in [6, 6.07) is 10.5. The number of carbonyl (C=O) groups excluding carboxylic acids is 2. The van der Waals surface area contributed by atoms with Gasteiger partial charge in [-0.1, -0.05) is 37.6 Å². The van der Waals surface area contributed by atoms with Crippen LogP contribution in [0.15, 0.2) is 48.7 Å². The second-order valence-electron chi connectivity index (χ2n) is 9.38. The number of anilines is 1. The normalized spacial score (nSPS) is 11.4. The van der Waals surface area contributed by atoms with Crippen molar-refractivity contribution in [2.45, 2.75) is 52.5 Å². The summed E-state index contributed by atoms with van der Waals surface area (Å²) in [5, 5.41) is 2.89. The Morgan fingerprint density at radius 1 is 1.15 bits per heavy atom. The molecule has 0 radical (unpaired) electrons. The van der Waals surface area contributed by atoms with Gasteiger partial charge in [0.05, 0.1) is 10.6 Å². The number of ether oxygens (including phenoxy) is 1. The van der Waals surface area contributed by atoms with E-state index >= 15 is 0 Å². The van der Waals surface area contributed by atoms with Crippen LogP contribution in [0, 0.1) is 12.7 Å². The number of nitrogens with one attached hydrogen (secondary N) is 1. The molecule has 1 heterocycles. The first kappa shape index (κ1) is 30.0. The lowest BCUT2D eigenvalue weighted by Crippen LogP contribution is -2.33. The van der Waals surface area contributed by atoms with Gasteiger partial charge in [-0.15, -0.1) is 0 Å². The van der Waals surface area contributed by atoms with Crippen molar-refractivity contribution in [1.29, 1.82) is 0 Å². The molecule has 2 amide bonds. The lowest BCUT2D eigenvalue weighted by atomic mass is 9.98. The fourth-order valence-corrected chi connectivity index (χ4v) is 4.19. The molecule has 10 heteroatoms. The first-order valence-electron chi connectivity index (χ1n) is 12.5. The highest BCUT2D eigenvalue weighted by Crippen LogP contribution is 2.35. The van der Waals surface area contributed by atoms with Crippen LogP contribution in [0.5, 0.6) is 5.75 Å². The van der Waals surface area contributed by atoms with Crippen molar-refractivity contribution < 1.29 is 27.5 Å². The van der Waals surface area contributed by atoms with Crippen LogP contribution in [0.2, 0.25) is 5.02 Å². The van der Waals surface area contributed by atoms with Crippen LogP contribution in [-0.4, -0.2) is 42.4 Å². The molecule has 2 aromatic carbocycles. The number of hydrogen-bond acceptors (Lipinski definition) is 4. The molecule has 0 aliphatic carbocycles. The quantitative estimate of drug-likeness (QED) is 0.287. The van der Waals surface area contributed by atoms with E-state index in [0.717, 1.165) is 29.4 Å². The standard InChI is InChI=1S/C29H31ClF3N3O3/c1-6-20(7-2)35-27(37)18-12-11-17(3)21(13-18)19-14-24(39-16-29(4,32)33)26(34-15-19)36(5)28(38)25-22(30)9-8-10-23(25)31/h8-15,20H,6-7,16H2,1-5H3,(H,35,37). The lowest BCUT2D eigenvalue weighted by Gasteiger charge is -2.22. The summed E-state index contributed by atoms with van der Waals surface area (Å²) < 4.78 is 47.3. The Kier molecular flexibility index (Phi) is 9.61. The third-order valence-corrected chi connectivity index (χ3v) is 6.56. The molecule has 0 saturated heterocycles. The highest BCUT2D eigenvalue weighted by atomic mass is 35.5. The fraction of sp³-hybridized carbons (Fsp3) is 0.345. The Balaban J connectivity index is 2.05. The number of rotatable bonds is 10. The van der Waals surface area contributed by atoms with E-state index in [1.54, 1.807) is 18.2 Å². The van der Waals surface area contributed by atoms with Crippen molar-refractivity contribution in [1.82, 2.24) is 10.3 Å². The lowest BCUT2D eigenvalue weighted by molar-refractivity contribution is -0.0228. The molecule has 0 bridgehead atoms. The highest BCUT2D eigenvalue weighted by molar-refractivity contribution is 6.34. The van der Waals surface area contributed by atoms with E-state index in [-0.39, 0.29) is 34.1 Å². The summed E-state index contributed by atoms with van der Waals surface area (Å²) in [5.41, 5.74) is 1.96. The maximum Gasteiger partial charge on any atom is 0.278 e. The third-order valence-electron chi connectivity index (χ3n) is 6.24. The number of benzene rings is 2. The average Bonchev–Trinajstić information content (AvgIpc) is 2.89.